The third-order valence-electron chi connectivity index (χ3n) is 5.39. The number of hydrogen-bond donors (Lipinski definition) is 1. The lowest BCUT2D eigenvalue weighted by Gasteiger charge is -2.24. The van der Waals surface area contributed by atoms with Crippen molar-refractivity contribution < 1.29 is 5.11 Å². The topological polar surface area (TPSA) is 38.0 Å². The summed E-state index contributed by atoms with van der Waals surface area (Å²) in [5.74, 6) is 2.62. The number of aliphatic hydroxyl groups is 1. The average Bonchev–Trinajstić information content (AvgIpc) is 3.14. The quantitative estimate of drug-likeness (QED) is 0.926. The van der Waals surface area contributed by atoms with Gasteiger partial charge in [0.15, 0.2) is 0 Å². The Balaban J connectivity index is 1.43. The molecule has 2 fully saturated rings. The lowest BCUT2D eigenvalue weighted by Crippen LogP contribution is -2.22. The normalized spacial score (nSPS) is 30.1. The molecule has 1 N–H and O–H groups in total. The number of aliphatic hydroxyl groups excluding tert-OH is 1. The van der Waals surface area contributed by atoms with Crippen molar-refractivity contribution in [3.05, 3.63) is 30.6 Å². The fourth-order valence-electron chi connectivity index (χ4n) is 4.47. The molecule has 4 unspecified atom stereocenters. The van der Waals surface area contributed by atoms with Crippen LogP contribution in [0.3, 0.4) is 0 Å². The maximum atomic E-state index is 10.4. The van der Waals surface area contributed by atoms with Gasteiger partial charge in [0.2, 0.25) is 0 Å². The van der Waals surface area contributed by atoms with Crippen LogP contribution in [0.2, 0.25) is 0 Å². The van der Waals surface area contributed by atoms with Crippen molar-refractivity contribution in [2.75, 3.05) is 0 Å². The highest BCUT2D eigenvalue weighted by Crippen LogP contribution is 2.49. The summed E-state index contributed by atoms with van der Waals surface area (Å²) in [6.45, 7) is 0.675. The van der Waals surface area contributed by atoms with Crippen LogP contribution in [-0.4, -0.2) is 20.8 Å². The minimum atomic E-state index is -0.239. The molecule has 4 rings (SSSR count). The molecule has 1 heterocycles. The number of nitrogens with zero attached hydrogens (tertiary/aromatic N) is 2. The maximum Gasteiger partial charge on any atom is 0.0959 e. The van der Waals surface area contributed by atoms with Crippen LogP contribution < -0.4 is 0 Å². The maximum absolute atomic E-state index is 10.4. The largest absolute Gasteiger partial charge is 0.391 e. The first-order valence-corrected chi connectivity index (χ1v) is 7.87. The lowest BCUT2D eigenvalue weighted by atomic mass is 9.85. The average molecular weight is 270 g/mol. The molecule has 3 heteroatoms. The van der Waals surface area contributed by atoms with Crippen LogP contribution in [0.5, 0.6) is 0 Å². The molecule has 0 radical (unpaired) electrons. The molecule has 3 nitrogen and oxygen atoms in total. The van der Waals surface area contributed by atoms with Gasteiger partial charge >= 0.3 is 0 Å². The Hall–Kier alpha value is -1.35. The van der Waals surface area contributed by atoms with Gasteiger partial charge < -0.3 is 9.67 Å². The minimum Gasteiger partial charge on any atom is -0.391 e. The van der Waals surface area contributed by atoms with Crippen LogP contribution >= 0.6 is 0 Å². The standard InChI is InChI=1S/C17H22N2O/c20-15(9-14-8-12-5-6-13(14)7-12)10-19-11-18-16-3-1-2-4-17(16)19/h1-4,11-15,20H,5-10H2. The van der Waals surface area contributed by atoms with E-state index in [-0.39, 0.29) is 6.10 Å². The van der Waals surface area contributed by atoms with Gasteiger partial charge in [-0.2, -0.15) is 0 Å². The van der Waals surface area contributed by atoms with E-state index in [1.165, 1.54) is 25.7 Å². The second-order valence-electron chi connectivity index (χ2n) is 6.71. The van der Waals surface area contributed by atoms with Gasteiger partial charge in [-0.3, -0.25) is 0 Å². The van der Waals surface area contributed by atoms with Crippen LogP contribution in [0.25, 0.3) is 11.0 Å². The van der Waals surface area contributed by atoms with Gasteiger partial charge in [-0.1, -0.05) is 18.6 Å². The Morgan fingerprint density at radius 3 is 2.95 bits per heavy atom. The van der Waals surface area contributed by atoms with E-state index in [0.717, 1.165) is 35.2 Å². The number of rotatable bonds is 4. The number of imidazole rings is 1. The number of hydrogen-bond acceptors (Lipinski definition) is 2. The molecule has 0 saturated heterocycles. The van der Waals surface area contributed by atoms with Crippen molar-refractivity contribution in [2.24, 2.45) is 17.8 Å². The summed E-state index contributed by atoms with van der Waals surface area (Å²) in [4.78, 5) is 4.39. The summed E-state index contributed by atoms with van der Waals surface area (Å²) in [6, 6.07) is 8.13. The first-order valence-electron chi connectivity index (χ1n) is 7.87. The van der Waals surface area contributed by atoms with Crippen LogP contribution in [-0.2, 0) is 6.54 Å². The van der Waals surface area contributed by atoms with Gasteiger partial charge in [-0.25, -0.2) is 4.98 Å². The molecule has 2 aliphatic carbocycles. The molecule has 0 amide bonds. The van der Waals surface area contributed by atoms with Gasteiger partial charge in [0, 0.05) is 0 Å². The first-order chi connectivity index (χ1) is 9.79. The Kier molecular flexibility index (Phi) is 3.03. The molecule has 1 aromatic heterocycles. The number of aromatic nitrogens is 2. The third-order valence-corrected chi connectivity index (χ3v) is 5.39. The number of para-hydroxylation sites is 2. The predicted molar refractivity (Wildman–Crippen MR) is 79.3 cm³/mol. The monoisotopic (exact) mass is 270 g/mol. The van der Waals surface area contributed by atoms with E-state index in [9.17, 15) is 5.11 Å². The van der Waals surface area contributed by atoms with E-state index in [4.69, 9.17) is 0 Å². The van der Waals surface area contributed by atoms with E-state index in [1.54, 1.807) is 0 Å². The fraction of sp³-hybridized carbons (Fsp3) is 0.588. The highest BCUT2D eigenvalue weighted by Gasteiger charge is 2.39. The summed E-state index contributed by atoms with van der Waals surface area (Å²) in [7, 11) is 0. The second kappa shape index (κ2) is 4.88. The smallest absolute Gasteiger partial charge is 0.0959 e. The van der Waals surface area contributed by atoms with E-state index in [1.807, 2.05) is 24.5 Å². The SMILES string of the molecule is OC(CC1CC2CCC1C2)Cn1cnc2ccccc21. The molecule has 2 saturated carbocycles. The summed E-state index contributed by atoms with van der Waals surface area (Å²) in [6.07, 6.45) is 8.19. The molecule has 1 aromatic carbocycles. The van der Waals surface area contributed by atoms with Crippen molar-refractivity contribution in [1.29, 1.82) is 0 Å². The van der Waals surface area contributed by atoms with Gasteiger partial charge in [-0.15, -0.1) is 0 Å². The van der Waals surface area contributed by atoms with Crippen molar-refractivity contribution in [1.82, 2.24) is 9.55 Å². The molecular weight excluding hydrogens is 248 g/mol. The summed E-state index contributed by atoms with van der Waals surface area (Å²) < 4.78 is 2.09. The molecular formula is C17H22N2O. The van der Waals surface area contributed by atoms with E-state index in [0.29, 0.717) is 6.54 Å². The molecule has 20 heavy (non-hydrogen) atoms. The second-order valence-corrected chi connectivity index (χ2v) is 6.71. The van der Waals surface area contributed by atoms with Crippen LogP contribution in [0.15, 0.2) is 30.6 Å². The fourth-order valence-corrected chi connectivity index (χ4v) is 4.47. The summed E-state index contributed by atoms with van der Waals surface area (Å²) in [5.41, 5.74) is 2.14. The van der Waals surface area contributed by atoms with Crippen LogP contribution in [0.1, 0.15) is 32.1 Å². The van der Waals surface area contributed by atoms with Gasteiger partial charge in [0.05, 0.1) is 30.0 Å². The molecule has 4 atom stereocenters. The molecule has 106 valence electrons. The number of fused-ring (bicyclic) bond motifs is 3. The highest BCUT2D eigenvalue weighted by atomic mass is 16.3. The number of benzene rings is 1. The van der Waals surface area contributed by atoms with Crippen LogP contribution in [0, 0.1) is 17.8 Å². The zero-order chi connectivity index (χ0) is 13.5. The van der Waals surface area contributed by atoms with Crippen molar-refractivity contribution >= 4 is 11.0 Å². The Morgan fingerprint density at radius 1 is 1.25 bits per heavy atom. The summed E-state index contributed by atoms with van der Waals surface area (Å²) in [5, 5.41) is 10.4. The Bertz CT molecular complexity index is 606. The van der Waals surface area contributed by atoms with Gasteiger partial charge in [0.1, 0.15) is 0 Å². The van der Waals surface area contributed by atoms with Crippen LogP contribution in [0.4, 0.5) is 0 Å². The highest BCUT2D eigenvalue weighted by molar-refractivity contribution is 5.74. The van der Waals surface area contributed by atoms with Crippen molar-refractivity contribution in [3.8, 4) is 0 Å². The molecule has 0 spiro atoms. The molecule has 2 aliphatic rings. The minimum absolute atomic E-state index is 0.239. The Morgan fingerprint density at radius 2 is 2.15 bits per heavy atom. The van der Waals surface area contributed by atoms with Crippen molar-refractivity contribution in [3.63, 3.8) is 0 Å². The summed E-state index contributed by atoms with van der Waals surface area (Å²) >= 11 is 0. The molecule has 0 aliphatic heterocycles. The first kappa shape index (κ1) is 12.4. The van der Waals surface area contributed by atoms with Gasteiger partial charge in [-0.05, 0) is 55.6 Å². The zero-order valence-corrected chi connectivity index (χ0v) is 11.8. The van der Waals surface area contributed by atoms with E-state index >= 15 is 0 Å². The molecule has 2 bridgehead atoms. The Labute approximate surface area is 119 Å². The van der Waals surface area contributed by atoms with E-state index in [2.05, 4.69) is 15.6 Å². The third kappa shape index (κ3) is 2.14. The lowest BCUT2D eigenvalue weighted by molar-refractivity contribution is 0.109. The van der Waals surface area contributed by atoms with Gasteiger partial charge in [0.25, 0.3) is 0 Å². The van der Waals surface area contributed by atoms with E-state index < -0.39 is 0 Å². The molecule has 2 aromatic rings. The predicted octanol–water partition coefficient (Wildman–Crippen LogP) is 3.22. The zero-order valence-electron chi connectivity index (χ0n) is 11.8. The van der Waals surface area contributed by atoms with Crippen molar-refractivity contribution in [2.45, 2.75) is 44.8 Å².